The molecular formula is C22H22N4O4Se. The van der Waals surface area contributed by atoms with Crippen molar-refractivity contribution >= 4 is 49.4 Å². The molecule has 0 bridgehead atoms. The monoisotopic (exact) mass is 486 g/mol. The Balaban J connectivity index is 1.25. The molecule has 160 valence electrons. The molecule has 0 fully saturated rings. The molecule has 2 aromatic heterocycles. The van der Waals surface area contributed by atoms with Crippen molar-refractivity contribution in [2.45, 2.75) is 24.9 Å². The molecular weight excluding hydrogens is 463 g/mol. The minimum atomic E-state index is -1.14. The molecule has 4 aromatic rings. The van der Waals surface area contributed by atoms with Crippen molar-refractivity contribution in [3.63, 3.8) is 0 Å². The van der Waals surface area contributed by atoms with Crippen molar-refractivity contribution < 1.29 is 17.2 Å². The van der Waals surface area contributed by atoms with Crippen LogP contribution in [0.3, 0.4) is 0 Å². The molecule has 0 spiro atoms. The molecule has 0 unspecified atom stereocenters. The van der Waals surface area contributed by atoms with Crippen LogP contribution in [-0.4, -0.2) is 49.6 Å². The number of hydrogen-bond acceptors (Lipinski definition) is 6. The van der Waals surface area contributed by atoms with E-state index >= 15 is 0 Å². The third-order valence-electron chi connectivity index (χ3n) is 5.07. The zero-order valence-corrected chi connectivity index (χ0v) is 18.3. The second-order valence-electron chi connectivity index (χ2n) is 7.21. The Bertz CT molecular complexity index is 1120. The van der Waals surface area contributed by atoms with Crippen LogP contribution in [0.2, 0.25) is 0 Å². The number of aromatic amines is 2. The molecule has 0 aliphatic carbocycles. The Kier molecular flexibility index (Phi) is 6.39. The Hall–Kier alpha value is -3.10. The van der Waals surface area contributed by atoms with E-state index in [0.717, 1.165) is 32.9 Å². The zero-order chi connectivity index (χ0) is 21.8. The fourth-order valence-electron chi connectivity index (χ4n) is 3.45. The summed E-state index contributed by atoms with van der Waals surface area (Å²) in [5.74, 6) is -1.24. The van der Waals surface area contributed by atoms with Crippen LogP contribution < -0.4 is 11.5 Å². The second kappa shape index (κ2) is 9.36. The number of carbonyl (C=O) groups excluding carboxylic acids is 2. The molecule has 0 amide bonds. The molecule has 0 radical (unpaired) electrons. The Morgan fingerprint density at radius 3 is 1.65 bits per heavy atom. The summed E-state index contributed by atoms with van der Waals surface area (Å²) in [6, 6.07) is 13.8. The summed E-state index contributed by atoms with van der Waals surface area (Å²) < 4.78 is 10.1. The third kappa shape index (κ3) is 4.81. The Morgan fingerprint density at radius 1 is 0.774 bits per heavy atom. The van der Waals surface area contributed by atoms with Gasteiger partial charge in [-0.1, -0.05) is 0 Å². The van der Waals surface area contributed by atoms with Gasteiger partial charge < -0.3 is 0 Å². The average Bonchev–Trinajstić information content (AvgIpc) is 3.38. The van der Waals surface area contributed by atoms with Gasteiger partial charge in [0.2, 0.25) is 0 Å². The second-order valence-corrected chi connectivity index (χ2v) is 8.20. The molecule has 31 heavy (non-hydrogen) atoms. The van der Waals surface area contributed by atoms with Crippen molar-refractivity contribution in [2.24, 2.45) is 11.5 Å². The maximum atomic E-state index is 12.2. The van der Waals surface area contributed by atoms with Crippen LogP contribution in [0.25, 0.3) is 21.8 Å². The van der Waals surface area contributed by atoms with Crippen LogP contribution in [0.1, 0.15) is 11.1 Å². The number of carbonyl (C=O) groups is 2. The molecule has 2 atom stereocenters. The van der Waals surface area contributed by atoms with Gasteiger partial charge in [-0.3, -0.25) is 0 Å². The topological polar surface area (TPSA) is 136 Å². The summed E-state index contributed by atoms with van der Waals surface area (Å²) in [4.78, 5) is 30.7. The van der Waals surface area contributed by atoms with Crippen molar-refractivity contribution in [1.82, 2.24) is 9.97 Å². The summed E-state index contributed by atoms with van der Waals surface area (Å²) in [5.41, 5.74) is 15.7. The first-order chi connectivity index (χ1) is 15.0. The summed E-state index contributed by atoms with van der Waals surface area (Å²) in [7, 11) is 0. The summed E-state index contributed by atoms with van der Waals surface area (Å²) in [6.07, 6.45) is 4.28. The van der Waals surface area contributed by atoms with Gasteiger partial charge in [-0.25, -0.2) is 0 Å². The van der Waals surface area contributed by atoms with E-state index in [1.54, 1.807) is 0 Å². The van der Waals surface area contributed by atoms with Gasteiger partial charge in [0, 0.05) is 0 Å². The number of fused-ring (bicyclic) bond motifs is 2. The van der Waals surface area contributed by atoms with Gasteiger partial charge in [0.25, 0.3) is 0 Å². The molecule has 0 aliphatic rings. The standard InChI is InChI=1S/C22H22N4O4Se/c23-17(9-13-11-25-19-7-3-1-5-15(13)19)21(27)29-31-30-22(28)18(24)10-14-12-26-20-8-4-2-6-16(14)20/h1-8,11-12,17-18,25-26H,9-10,23-24H2/t17-,18-/m0/s1. The zero-order valence-electron chi connectivity index (χ0n) is 16.5. The van der Waals surface area contributed by atoms with Gasteiger partial charge in [-0.05, 0) is 0 Å². The fourth-order valence-corrected chi connectivity index (χ4v) is 4.32. The summed E-state index contributed by atoms with van der Waals surface area (Å²) in [6.45, 7) is 0. The van der Waals surface area contributed by atoms with E-state index in [-0.39, 0.29) is 0 Å². The van der Waals surface area contributed by atoms with Crippen LogP contribution in [0.15, 0.2) is 60.9 Å². The number of nitrogens with two attached hydrogens (primary N) is 2. The SMILES string of the molecule is N[C@@H](Cc1c[nH]c2ccccc12)C(=O)O[Se]OC(=O)[C@@H](N)Cc1c[nH]c2ccccc12. The molecule has 0 saturated carbocycles. The van der Waals surface area contributed by atoms with Gasteiger partial charge in [-0.2, -0.15) is 0 Å². The van der Waals surface area contributed by atoms with E-state index < -0.39 is 39.6 Å². The van der Waals surface area contributed by atoms with Crippen LogP contribution in [0, 0.1) is 0 Å². The summed E-state index contributed by atoms with van der Waals surface area (Å²) in [5, 5.41) is 2.01. The predicted molar refractivity (Wildman–Crippen MR) is 118 cm³/mol. The van der Waals surface area contributed by atoms with Crippen LogP contribution in [0.4, 0.5) is 0 Å². The fraction of sp³-hybridized carbons (Fsp3) is 0.182. The van der Waals surface area contributed by atoms with Gasteiger partial charge >= 0.3 is 185 Å². The van der Waals surface area contributed by atoms with E-state index in [2.05, 4.69) is 9.97 Å². The number of H-pyrrole nitrogens is 2. The van der Waals surface area contributed by atoms with Crippen LogP contribution in [0.5, 0.6) is 0 Å². The minimum absolute atomic E-state index is 0.312. The molecule has 8 nitrogen and oxygen atoms in total. The van der Waals surface area contributed by atoms with E-state index in [0.29, 0.717) is 12.8 Å². The van der Waals surface area contributed by atoms with Gasteiger partial charge in [-0.15, -0.1) is 0 Å². The number of hydrogen-bond donors (Lipinski definition) is 4. The first kappa shape index (κ1) is 21.1. The molecule has 0 aliphatic heterocycles. The number of benzene rings is 2. The van der Waals surface area contributed by atoms with Crippen LogP contribution in [-0.2, 0) is 30.1 Å². The van der Waals surface area contributed by atoms with E-state index in [1.165, 1.54) is 0 Å². The molecule has 2 heterocycles. The molecule has 4 rings (SSSR count). The van der Waals surface area contributed by atoms with E-state index in [4.69, 9.17) is 19.1 Å². The Morgan fingerprint density at radius 2 is 1.19 bits per heavy atom. The predicted octanol–water partition coefficient (Wildman–Crippen LogP) is 1.71. The van der Waals surface area contributed by atoms with Crippen LogP contribution >= 0.6 is 0 Å². The van der Waals surface area contributed by atoms with Crippen molar-refractivity contribution in [3.8, 4) is 0 Å². The first-order valence-electron chi connectivity index (χ1n) is 9.73. The summed E-state index contributed by atoms with van der Waals surface area (Å²) >= 11 is -1.14. The van der Waals surface area contributed by atoms with E-state index in [9.17, 15) is 9.59 Å². The number of nitrogens with one attached hydrogen (secondary N) is 2. The Labute approximate surface area is 185 Å². The van der Waals surface area contributed by atoms with Gasteiger partial charge in [0.05, 0.1) is 0 Å². The number of para-hydroxylation sites is 2. The molecule has 6 N–H and O–H groups in total. The van der Waals surface area contributed by atoms with Crippen molar-refractivity contribution in [1.29, 1.82) is 0 Å². The normalized spacial score (nSPS) is 13.2. The van der Waals surface area contributed by atoms with E-state index in [1.807, 2.05) is 60.9 Å². The molecule has 0 saturated heterocycles. The van der Waals surface area contributed by atoms with Gasteiger partial charge in [0.1, 0.15) is 0 Å². The molecule has 9 heteroatoms. The van der Waals surface area contributed by atoms with Crippen molar-refractivity contribution in [3.05, 3.63) is 72.1 Å². The number of aromatic nitrogens is 2. The molecule has 2 aromatic carbocycles. The quantitative estimate of drug-likeness (QED) is 0.281. The average molecular weight is 485 g/mol. The first-order valence-corrected chi connectivity index (χ1v) is 11.1. The van der Waals surface area contributed by atoms with Crippen molar-refractivity contribution in [2.75, 3.05) is 0 Å². The maximum absolute atomic E-state index is 12.2. The van der Waals surface area contributed by atoms with Gasteiger partial charge in [0.15, 0.2) is 0 Å². The number of rotatable bonds is 8. The third-order valence-corrected chi connectivity index (χ3v) is 6.04.